The third-order valence-corrected chi connectivity index (χ3v) is 7.97. The van der Waals surface area contributed by atoms with E-state index in [0.717, 1.165) is 12.1 Å². The molecule has 1 amide bonds. The lowest BCUT2D eigenvalue weighted by molar-refractivity contribution is -0.915. The zero-order valence-corrected chi connectivity index (χ0v) is 19.4. The number of nitrogens with one attached hydrogen (secondary N) is 1. The van der Waals surface area contributed by atoms with Crippen molar-refractivity contribution in [1.82, 2.24) is 4.72 Å². The van der Waals surface area contributed by atoms with Crippen LogP contribution in [0.2, 0.25) is 0 Å². The number of carbonyl (C=O) groups is 1. The molecule has 0 radical (unpaired) electrons. The molecule has 170 valence electrons. The number of ether oxygens (including phenoxy) is 1. The zero-order valence-electron chi connectivity index (χ0n) is 17.0. The van der Waals surface area contributed by atoms with Crippen molar-refractivity contribution in [1.29, 1.82) is 0 Å². The van der Waals surface area contributed by atoms with E-state index in [0.29, 0.717) is 6.07 Å². The van der Waals surface area contributed by atoms with Gasteiger partial charge in [0.15, 0.2) is 0 Å². The van der Waals surface area contributed by atoms with Gasteiger partial charge in [-0.1, -0.05) is 0 Å². The standard InChI is InChI=1S/C18H24BrF3N2O5S/c1-17(2,3)24(16(25)26)9-12(8-13(24)10-29-4)23-30(27,28)15-7-11(18(20,21)22)5-6-14(15)19/h5-7,12-13,23H,8-10H2,1-4H3/p+1/t12-,13-,24?/m1/s1. The van der Waals surface area contributed by atoms with Crippen LogP contribution in [0.4, 0.5) is 18.0 Å². The van der Waals surface area contributed by atoms with Gasteiger partial charge in [0.1, 0.15) is 18.1 Å². The van der Waals surface area contributed by atoms with Crippen LogP contribution < -0.4 is 4.72 Å². The molecule has 1 saturated heterocycles. The molecule has 1 aliphatic heterocycles. The van der Waals surface area contributed by atoms with Crippen LogP contribution in [-0.2, 0) is 20.9 Å². The summed E-state index contributed by atoms with van der Waals surface area (Å²) in [7, 11) is -2.93. The number of amides is 1. The number of likely N-dealkylation sites (tertiary alicyclic amines) is 1. The number of sulfonamides is 1. The van der Waals surface area contributed by atoms with Crippen molar-refractivity contribution in [2.75, 3.05) is 20.3 Å². The largest absolute Gasteiger partial charge is 0.514 e. The van der Waals surface area contributed by atoms with Crippen molar-refractivity contribution in [2.45, 2.75) is 55.9 Å². The number of nitrogens with zero attached hydrogens (tertiary/aromatic N) is 1. The molecule has 1 aliphatic rings. The maximum absolute atomic E-state index is 13.0. The number of alkyl halides is 3. The van der Waals surface area contributed by atoms with Crippen LogP contribution in [0.15, 0.2) is 27.6 Å². The molecule has 1 heterocycles. The van der Waals surface area contributed by atoms with Crippen LogP contribution in [0, 0.1) is 0 Å². The highest BCUT2D eigenvalue weighted by molar-refractivity contribution is 9.10. The average Bonchev–Trinajstić information content (AvgIpc) is 2.92. The second kappa shape index (κ2) is 8.38. The van der Waals surface area contributed by atoms with E-state index in [1.165, 1.54) is 7.11 Å². The van der Waals surface area contributed by atoms with Gasteiger partial charge in [-0.3, -0.25) is 0 Å². The molecule has 1 aromatic carbocycles. The normalized spacial score (nSPS) is 25.5. The van der Waals surface area contributed by atoms with Gasteiger partial charge >= 0.3 is 12.3 Å². The first-order chi connectivity index (χ1) is 13.6. The first kappa shape index (κ1) is 25.1. The highest BCUT2D eigenvalue weighted by Crippen LogP contribution is 2.38. The minimum absolute atomic E-state index is 0.0238. The number of carboxylic acid groups (broad SMARTS) is 1. The maximum Gasteiger partial charge on any atom is 0.514 e. The Morgan fingerprint density at radius 3 is 2.40 bits per heavy atom. The Morgan fingerprint density at radius 2 is 1.93 bits per heavy atom. The molecular formula is C18H25BrF3N2O5S+. The Bertz CT molecular complexity index is 917. The number of hydrogen-bond donors (Lipinski definition) is 2. The van der Waals surface area contributed by atoms with E-state index in [4.69, 9.17) is 4.74 Å². The van der Waals surface area contributed by atoms with Gasteiger partial charge in [0.05, 0.1) is 23.1 Å². The Labute approximate surface area is 182 Å². The lowest BCUT2D eigenvalue weighted by Crippen LogP contribution is -2.67. The van der Waals surface area contributed by atoms with Gasteiger partial charge < -0.3 is 9.84 Å². The van der Waals surface area contributed by atoms with Gasteiger partial charge in [-0.25, -0.2) is 17.6 Å². The monoisotopic (exact) mass is 517 g/mol. The minimum atomic E-state index is -4.70. The third kappa shape index (κ3) is 4.67. The molecule has 0 aliphatic carbocycles. The Kier molecular flexibility index (Phi) is 7.00. The van der Waals surface area contributed by atoms with E-state index in [2.05, 4.69) is 20.7 Å². The summed E-state index contributed by atoms with van der Waals surface area (Å²) < 4.78 is 72.0. The number of hydrogen-bond acceptors (Lipinski definition) is 4. The highest BCUT2D eigenvalue weighted by Gasteiger charge is 2.60. The second-order valence-corrected chi connectivity index (χ2v) is 10.8. The van der Waals surface area contributed by atoms with Gasteiger partial charge in [-0.05, 0) is 54.9 Å². The van der Waals surface area contributed by atoms with E-state index >= 15 is 0 Å². The van der Waals surface area contributed by atoms with E-state index in [1.54, 1.807) is 20.8 Å². The van der Waals surface area contributed by atoms with Crippen molar-refractivity contribution in [3.8, 4) is 0 Å². The number of rotatable bonds is 5. The fraction of sp³-hybridized carbons (Fsp3) is 0.611. The van der Waals surface area contributed by atoms with Crippen molar-refractivity contribution in [3.63, 3.8) is 0 Å². The molecule has 2 rings (SSSR count). The summed E-state index contributed by atoms with van der Waals surface area (Å²) in [5, 5.41) is 10.0. The van der Waals surface area contributed by atoms with Gasteiger partial charge in [-0.2, -0.15) is 18.0 Å². The lowest BCUT2D eigenvalue weighted by atomic mass is 10.00. The second-order valence-electron chi connectivity index (χ2n) is 8.31. The summed E-state index contributed by atoms with van der Waals surface area (Å²) >= 11 is 2.99. The molecule has 2 N–H and O–H groups in total. The summed E-state index contributed by atoms with van der Waals surface area (Å²) in [4.78, 5) is 11.7. The Balaban J connectivity index is 2.42. The number of methoxy groups -OCH3 is 1. The van der Waals surface area contributed by atoms with Crippen LogP contribution in [0.25, 0.3) is 0 Å². The fourth-order valence-corrected chi connectivity index (χ4v) is 6.29. The molecule has 1 unspecified atom stereocenters. The van der Waals surface area contributed by atoms with Crippen LogP contribution >= 0.6 is 15.9 Å². The summed E-state index contributed by atoms with van der Waals surface area (Å²) in [5.41, 5.74) is -1.87. The summed E-state index contributed by atoms with van der Waals surface area (Å²) in [6.07, 6.45) is -5.66. The van der Waals surface area contributed by atoms with Crippen molar-refractivity contribution in [3.05, 3.63) is 28.2 Å². The molecule has 7 nitrogen and oxygen atoms in total. The van der Waals surface area contributed by atoms with Crippen LogP contribution in [0.3, 0.4) is 0 Å². The average molecular weight is 518 g/mol. The Morgan fingerprint density at radius 1 is 1.33 bits per heavy atom. The highest BCUT2D eigenvalue weighted by atomic mass is 79.9. The first-order valence-electron chi connectivity index (χ1n) is 9.05. The van der Waals surface area contributed by atoms with Crippen LogP contribution in [0.5, 0.6) is 0 Å². The third-order valence-electron chi connectivity index (χ3n) is 5.46. The predicted octanol–water partition coefficient (Wildman–Crippen LogP) is 3.83. The fourth-order valence-electron chi connectivity index (χ4n) is 4.06. The van der Waals surface area contributed by atoms with E-state index < -0.39 is 54.9 Å². The molecule has 1 aromatic rings. The van der Waals surface area contributed by atoms with E-state index in [-0.39, 0.29) is 24.0 Å². The van der Waals surface area contributed by atoms with Crippen LogP contribution in [-0.4, -0.2) is 62.0 Å². The van der Waals surface area contributed by atoms with Crippen molar-refractivity contribution >= 4 is 32.0 Å². The van der Waals surface area contributed by atoms with Gasteiger partial charge in [0.25, 0.3) is 0 Å². The minimum Gasteiger partial charge on any atom is -0.435 e. The van der Waals surface area contributed by atoms with Crippen molar-refractivity contribution in [2.24, 2.45) is 0 Å². The number of halogens is 4. The Hall–Kier alpha value is -1.21. The van der Waals surface area contributed by atoms with E-state index in [1.807, 2.05) is 0 Å². The smallest absolute Gasteiger partial charge is 0.435 e. The quantitative estimate of drug-likeness (QED) is 0.579. The molecule has 0 bridgehead atoms. The lowest BCUT2D eigenvalue weighted by Gasteiger charge is -2.44. The molecule has 12 heteroatoms. The summed E-state index contributed by atoms with van der Waals surface area (Å²) in [6.45, 7) is 5.25. The molecule has 1 fully saturated rings. The van der Waals surface area contributed by atoms with E-state index in [9.17, 15) is 31.5 Å². The molecule has 30 heavy (non-hydrogen) atoms. The maximum atomic E-state index is 13.0. The first-order valence-corrected chi connectivity index (χ1v) is 11.3. The van der Waals surface area contributed by atoms with Gasteiger partial charge in [0, 0.05) is 18.0 Å². The van der Waals surface area contributed by atoms with Gasteiger partial charge in [-0.15, -0.1) is 0 Å². The molecule has 0 aromatic heterocycles. The molecule has 0 spiro atoms. The predicted molar refractivity (Wildman–Crippen MR) is 106 cm³/mol. The SMILES string of the molecule is COC[C@H]1C[C@@H](NS(=O)(=O)c2cc(C(F)(F)F)ccc2Br)C[N+]1(C(=O)O)C(C)(C)C. The number of quaternary nitrogens is 1. The molecule has 3 atom stereocenters. The summed E-state index contributed by atoms with van der Waals surface area (Å²) in [6, 6.07) is 1.01. The van der Waals surface area contributed by atoms with Gasteiger partial charge in [0.2, 0.25) is 10.0 Å². The van der Waals surface area contributed by atoms with Crippen molar-refractivity contribution < 1.29 is 40.7 Å². The molecule has 0 saturated carbocycles. The summed E-state index contributed by atoms with van der Waals surface area (Å²) in [5.74, 6) is 0. The topological polar surface area (TPSA) is 92.7 Å². The zero-order chi connectivity index (χ0) is 23.1. The van der Waals surface area contributed by atoms with Crippen LogP contribution in [0.1, 0.15) is 32.8 Å². The number of benzene rings is 1. The molecular weight excluding hydrogens is 493 g/mol.